The molecule has 0 aliphatic rings. The first-order valence-corrected chi connectivity index (χ1v) is 7.52. The fourth-order valence-electron chi connectivity index (χ4n) is 2.18. The molecule has 0 aliphatic carbocycles. The van der Waals surface area contributed by atoms with Crippen LogP contribution in [0.15, 0.2) is 36.5 Å². The summed E-state index contributed by atoms with van der Waals surface area (Å²) in [7, 11) is 0. The number of nitrogens with zero attached hydrogens (tertiary/aromatic N) is 6. The highest BCUT2D eigenvalue weighted by Gasteiger charge is 2.35. The minimum atomic E-state index is -4.70. The summed E-state index contributed by atoms with van der Waals surface area (Å²) in [6, 6.07) is 5.81. The number of ether oxygens (including phenoxy) is 1. The van der Waals surface area contributed by atoms with Crippen LogP contribution in [0.2, 0.25) is 5.02 Å². The summed E-state index contributed by atoms with van der Waals surface area (Å²) in [6.07, 6.45) is -3.50. The molecule has 0 aliphatic heterocycles. The fourth-order valence-corrected chi connectivity index (χ4v) is 2.35. The summed E-state index contributed by atoms with van der Waals surface area (Å²) in [5.74, 6) is -0.829. The highest BCUT2D eigenvalue weighted by atomic mass is 35.5. The molecule has 0 saturated heterocycles. The SMILES string of the molecule is O=[N+]([O-])c1ncccc1OCc1nnnn1-c1ccc(Cl)cc1C(F)(F)F. The zero-order chi connectivity index (χ0) is 19.6. The molecule has 2 heterocycles. The van der Waals surface area contributed by atoms with Gasteiger partial charge in [0.1, 0.15) is 6.20 Å². The van der Waals surface area contributed by atoms with Gasteiger partial charge in [-0.05, 0) is 50.7 Å². The molecule has 3 aromatic rings. The number of aromatic nitrogens is 5. The second kappa shape index (κ2) is 7.15. The van der Waals surface area contributed by atoms with Crippen molar-refractivity contribution < 1.29 is 22.8 Å². The minimum absolute atomic E-state index is 0.108. The van der Waals surface area contributed by atoms with E-state index in [2.05, 4.69) is 20.5 Å². The van der Waals surface area contributed by atoms with E-state index in [9.17, 15) is 23.3 Å². The normalized spacial score (nSPS) is 11.4. The van der Waals surface area contributed by atoms with Crippen LogP contribution in [0, 0.1) is 10.1 Å². The summed E-state index contributed by atoms with van der Waals surface area (Å²) < 4.78 is 46.0. The molecule has 0 saturated carbocycles. The molecule has 9 nitrogen and oxygen atoms in total. The van der Waals surface area contributed by atoms with Gasteiger partial charge in [0, 0.05) is 5.02 Å². The second-order valence-electron chi connectivity index (χ2n) is 5.04. The van der Waals surface area contributed by atoms with Crippen molar-refractivity contribution in [3.05, 3.63) is 63.1 Å². The Morgan fingerprint density at radius 3 is 2.78 bits per heavy atom. The molecule has 0 spiro atoms. The number of alkyl halides is 3. The average Bonchev–Trinajstić information content (AvgIpc) is 3.07. The lowest BCUT2D eigenvalue weighted by Gasteiger charge is -2.14. The second-order valence-corrected chi connectivity index (χ2v) is 5.47. The van der Waals surface area contributed by atoms with Crippen LogP contribution in [0.5, 0.6) is 5.75 Å². The zero-order valence-electron chi connectivity index (χ0n) is 13.1. The summed E-state index contributed by atoms with van der Waals surface area (Å²) in [5.41, 5.74) is -1.41. The number of rotatable bonds is 5. The van der Waals surface area contributed by atoms with Crippen molar-refractivity contribution in [3.63, 3.8) is 0 Å². The van der Waals surface area contributed by atoms with Crippen LogP contribution in [0.3, 0.4) is 0 Å². The van der Waals surface area contributed by atoms with Crippen LogP contribution in [0.25, 0.3) is 5.69 Å². The first-order chi connectivity index (χ1) is 12.8. The Kier molecular flexibility index (Phi) is 4.90. The van der Waals surface area contributed by atoms with Gasteiger partial charge in [0.25, 0.3) is 0 Å². The van der Waals surface area contributed by atoms with Crippen LogP contribution in [-0.4, -0.2) is 30.1 Å². The Labute approximate surface area is 153 Å². The van der Waals surface area contributed by atoms with E-state index < -0.39 is 29.1 Å². The highest BCUT2D eigenvalue weighted by molar-refractivity contribution is 6.30. The van der Waals surface area contributed by atoms with E-state index in [-0.39, 0.29) is 22.3 Å². The molecule has 3 rings (SSSR count). The van der Waals surface area contributed by atoms with Crippen molar-refractivity contribution in [1.82, 2.24) is 25.2 Å². The quantitative estimate of drug-likeness (QED) is 0.477. The summed E-state index contributed by atoms with van der Waals surface area (Å²) >= 11 is 5.66. The standard InChI is InChI=1S/C14H8ClF3N6O3/c15-8-3-4-10(9(6-8)14(16,17)18)23-12(20-21-22-23)7-27-11-2-1-5-19-13(11)24(25)26/h1-6H,7H2. The summed E-state index contributed by atoms with van der Waals surface area (Å²) in [6.45, 7) is -0.431. The number of pyridine rings is 1. The number of hydrogen-bond donors (Lipinski definition) is 0. The molecule has 0 atom stereocenters. The van der Waals surface area contributed by atoms with Gasteiger partial charge in [0.2, 0.25) is 5.75 Å². The molecule has 0 radical (unpaired) electrons. The molecule has 0 bridgehead atoms. The maximum Gasteiger partial charge on any atom is 0.418 e. The van der Waals surface area contributed by atoms with Gasteiger partial charge in [-0.3, -0.25) is 0 Å². The highest BCUT2D eigenvalue weighted by Crippen LogP contribution is 2.35. The van der Waals surface area contributed by atoms with Crippen LogP contribution in [0.1, 0.15) is 11.4 Å². The summed E-state index contributed by atoms with van der Waals surface area (Å²) in [5, 5.41) is 21.3. The molecule has 0 unspecified atom stereocenters. The van der Waals surface area contributed by atoms with Gasteiger partial charge >= 0.3 is 12.0 Å². The van der Waals surface area contributed by atoms with Gasteiger partial charge in [-0.15, -0.1) is 5.10 Å². The molecular formula is C14H8ClF3N6O3. The van der Waals surface area contributed by atoms with E-state index in [0.717, 1.165) is 16.8 Å². The van der Waals surface area contributed by atoms with Crippen molar-refractivity contribution in [3.8, 4) is 11.4 Å². The molecule has 140 valence electrons. The number of hydrogen-bond acceptors (Lipinski definition) is 7. The zero-order valence-corrected chi connectivity index (χ0v) is 13.8. The van der Waals surface area contributed by atoms with Gasteiger partial charge in [-0.1, -0.05) is 11.6 Å². The maximum atomic E-state index is 13.3. The van der Waals surface area contributed by atoms with Crippen molar-refractivity contribution in [1.29, 1.82) is 0 Å². The topological polar surface area (TPSA) is 109 Å². The van der Waals surface area contributed by atoms with Gasteiger partial charge in [0.05, 0.1) is 11.3 Å². The Balaban J connectivity index is 1.94. The number of nitro groups is 1. The van der Waals surface area contributed by atoms with Crippen molar-refractivity contribution in [2.45, 2.75) is 12.8 Å². The third-order valence-corrected chi connectivity index (χ3v) is 3.54. The van der Waals surface area contributed by atoms with E-state index in [1.165, 1.54) is 24.4 Å². The predicted octanol–water partition coefficient (Wildman–Crippen LogP) is 3.22. The molecule has 1 aromatic carbocycles. The average molecular weight is 401 g/mol. The Bertz CT molecular complexity index is 994. The van der Waals surface area contributed by atoms with Crippen LogP contribution in [-0.2, 0) is 12.8 Å². The van der Waals surface area contributed by atoms with E-state index in [1.807, 2.05) is 0 Å². The van der Waals surface area contributed by atoms with E-state index in [4.69, 9.17) is 16.3 Å². The summed E-state index contributed by atoms with van der Waals surface area (Å²) in [4.78, 5) is 13.8. The van der Waals surface area contributed by atoms with Gasteiger partial charge < -0.3 is 14.9 Å². The molecule has 0 amide bonds. The fraction of sp³-hybridized carbons (Fsp3) is 0.143. The largest absolute Gasteiger partial charge is 0.477 e. The third kappa shape index (κ3) is 3.95. The van der Waals surface area contributed by atoms with Crippen LogP contribution >= 0.6 is 11.6 Å². The first kappa shape index (κ1) is 18.5. The first-order valence-electron chi connectivity index (χ1n) is 7.14. The number of tetrazole rings is 1. The lowest BCUT2D eigenvalue weighted by atomic mass is 10.1. The molecule has 0 fully saturated rings. The van der Waals surface area contributed by atoms with Gasteiger partial charge in [0.15, 0.2) is 12.4 Å². The van der Waals surface area contributed by atoms with E-state index in [1.54, 1.807) is 0 Å². The van der Waals surface area contributed by atoms with Crippen LogP contribution in [0.4, 0.5) is 19.0 Å². The Hall–Kier alpha value is -3.28. The molecule has 2 aromatic heterocycles. The molecule has 27 heavy (non-hydrogen) atoms. The smallest absolute Gasteiger partial charge is 0.418 e. The predicted molar refractivity (Wildman–Crippen MR) is 84.4 cm³/mol. The molecular weight excluding hydrogens is 393 g/mol. The maximum absolute atomic E-state index is 13.3. The van der Waals surface area contributed by atoms with Crippen molar-refractivity contribution in [2.75, 3.05) is 0 Å². The van der Waals surface area contributed by atoms with Crippen LogP contribution < -0.4 is 4.74 Å². The Morgan fingerprint density at radius 1 is 1.30 bits per heavy atom. The molecule has 0 N–H and O–H groups in total. The number of halogens is 4. The third-order valence-electron chi connectivity index (χ3n) is 3.31. The lowest BCUT2D eigenvalue weighted by Crippen LogP contribution is -2.14. The molecule has 13 heteroatoms. The van der Waals surface area contributed by atoms with Crippen molar-refractivity contribution >= 4 is 17.4 Å². The minimum Gasteiger partial charge on any atom is -0.477 e. The van der Waals surface area contributed by atoms with Gasteiger partial charge in [-0.2, -0.15) is 17.9 Å². The van der Waals surface area contributed by atoms with E-state index >= 15 is 0 Å². The number of benzene rings is 1. The van der Waals surface area contributed by atoms with Crippen molar-refractivity contribution in [2.24, 2.45) is 0 Å². The lowest BCUT2D eigenvalue weighted by molar-refractivity contribution is -0.390. The Morgan fingerprint density at radius 2 is 2.07 bits per heavy atom. The van der Waals surface area contributed by atoms with Gasteiger partial charge in [-0.25, -0.2) is 0 Å². The monoisotopic (exact) mass is 400 g/mol. The van der Waals surface area contributed by atoms with E-state index in [0.29, 0.717) is 0 Å².